The molecule has 0 saturated carbocycles. The van der Waals surface area contributed by atoms with Gasteiger partial charge in [-0.2, -0.15) is 0 Å². The van der Waals surface area contributed by atoms with Gasteiger partial charge in [0.2, 0.25) is 0 Å². The summed E-state index contributed by atoms with van der Waals surface area (Å²) in [5.74, 6) is -1.94. The van der Waals surface area contributed by atoms with Crippen LogP contribution in [0.1, 0.15) is 34.8 Å². The summed E-state index contributed by atoms with van der Waals surface area (Å²) in [5, 5.41) is 8.68. The van der Waals surface area contributed by atoms with E-state index < -0.39 is 11.9 Å². The van der Waals surface area contributed by atoms with Gasteiger partial charge in [0.1, 0.15) is 0 Å². The van der Waals surface area contributed by atoms with Crippen LogP contribution in [0.3, 0.4) is 0 Å². The summed E-state index contributed by atoms with van der Waals surface area (Å²) in [7, 11) is 1.30. The number of hydrogen-bond acceptors (Lipinski definition) is 5. The first-order valence-electron chi connectivity index (χ1n) is 6.75. The number of carboxylic acids is 1. The SMILES string of the molecule is CCOC(=O)c1cc(/C=C/C(=O)O)cc(CCC(=O)OC)c1. The molecule has 1 N–H and O–H groups in total. The molecule has 0 aliphatic heterocycles. The van der Waals surface area contributed by atoms with E-state index in [4.69, 9.17) is 9.84 Å². The normalized spacial score (nSPS) is 10.5. The van der Waals surface area contributed by atoms with Crippen molar-refractivity contribution < 1.29 is 29.0 Å². The van der Waals surface area contributed by atoms with Crippen LogP contribution in [0, 0.1) is 0 Å². The van der Waals surface area contributed by atoms with Gasteiger partial charge in [0.05, 0.1) is 19.3 Å². The second kappa shape index (κ2) is 8.61. The van der Waals surface area contributed by atoms with Gasteiger partial charge in [0.15, 0.2) is 0 Å². The molecule has 6 heteroatoms. The Morgan fingerprint density at radius 1 is 1.23 bits per heavy atom. The summed E-state index contributed by atoms with van der Waals surface area (Å²) in [5.41, 5.74) is 1.59. The van der Waals surface area contributed by atoms with Crippen LogP contribution in [0.5, 0.6) is 0 Å². The van der Waals surface area contributed by atoms with Crippen LogP contribution in [-0.2, 0) is 25.5 Å². The van der Waals surface area contributed by atoms with Crippen molar-refractivity contribution in [3.8, 4) is 0 Å². The molecule has 22 heavy (non-hydrogen) atoms. The second-order valence-electron chi connectivity index (χ2n) is 4.43. The highest BCUT2D eigenvalue weighted by Crippen LogP contribution is 2.15. The number of aryl methyl sites for hydroxylation is 1. The van der Waals surface area contributed by atoms with Gasteiger partial charge in [-0.3, -0.25) is 4.79 Å². The Kier molecular flexibility index (Phi) is 6.82. The number of ether oxygens (including phenoxy) is 2. The first kappa shape index (κ1) is 17.4. The van der Waals surface area contributed by atoms with Crippen LogP contribution in [0.2, 0.25) is 0 Å². The monoisotopic (exact) mass is 306 g/mol. The summed E-state index contributed by atoms with van der Waals surface area (Å²) in [6, 6.07) is 4.88. The van der Waals surface area contributed by atoms with E-state index in [1.54, 1.807) is 25.1 Å². The summed E-state index contributed by atoms with van der Waals surface area (Å²) < 4.78 is 9.51. The highest BCUT2D eigenvalue weighted by molar-refractivity contribution is 5.91. The zero-order valence-corrected chi connectivity index (χ0v) is 12.5. The van der Waals surface area contributed by atoms with Gasteiger partial charge in [0.25, 0.3) is 0 Å². The summed E-state index contributed by atoms with van der Waals surface area (Å²) in [6.45, 7) is 1.94. The molecule has 0 radical (unpaired) electrons. The number of hydrogen-bond donors (Lipinski definition) is 1. The van der Waals surface area contributed by atoms with Crippen LogP contribution in [0.25, 0.3) is 6.08 Å². The average molecular weight is 306 g/mol. The minimum Gasteiger partial charge on any atom is -0.478 e. The van der Waals surface area contributed by atoms with E-state index in [0.29, 0.717) is 17.5 Å². The Labute approximate surface area is 128 Å². The molecule has 0 spiro atoms. The van der Waals surface area contributed by atoms with Gasteiger partial charge in [0, 0.05) is 12.5 Å². The molecular formula is C16H18O6. The summed E-state index contributed by atoms with van der Waals surface area (Å²) in [4.78, 5) is 33.6. The number of benzene rings is 1. The van der Waals surface area contributed by atoms with Crippen LogP contribution in [0.15, 0.2) is 24.3 Å². The predicted molar refractivity (Wildman–Crippen MR) is 79.4 cm³/mol. The maximum atomic E-state index is 11.8. The van der Waals surface area contributed by atoms with Crippen molar-refractivity contribution >= 4 is 24.0 Å². The van der Waals surface area contributed by atoms with Gasteiger partial charge in [-0.25, -0.2) is 9.59 Å². The van der Waals surface area contributed by atoms with Crippen molar-refractivity contribution in [2.75, 3.05) is 13.7 Å². The molecule has 6 nitrogen and oxygen atoms in total. The summed E-state index contributed by atoms with van der Waals surface area (Å²) >= 11 is 0. The van der Waals surface area contributed by atoms with Crippen LogP contribution < -0.4 is 0 Å². The van der Waals surface area contributed by atoms with Crippen molar-refractivity contribution in [3.05, 3.63) is 41.0 Å². The number of esters is 2. The van der Waals surface area contributed by atoms with Gasteiger partial charge in [-0.15, -0.1) is 0 Å². The lowest BCUT2D eigenvalue weighted by Crippen LogP contribution is -2.07. The minimum absolute atomic E-state index is 0.171. The quantitative estimate of drug-likeness (QED) is 0.612. The number of carbonyl (C=O) groups excluding carboxylic acids is 2. The zero-order valence-electron chi connectivity index (χ0n) is 12.5. The maximum absolute atomic E-state index is 11.8. The minimum atomic E-state index is -1.09. The van der Waals surface area contributed by atoms with Crippen molar-refractivity contribution in [1.82, 2.24) is 0 Å². The topological polar surface area (TPSA) is 89.9 Å². The van der Waals surface area contributed by atoms with Gasteiger partial charge >= 0.3 is 17.9 Å². The second-order valence-corrected chi connectivity index (χ2v) is 4.43. The Bertz CT molecular complexity index is 588. The fourth-order valence-corrected chi connectivity index (χ4v) is 1.81. The molecule has 0 saturated heterocycles. The third-order valence-corrected chi connectivity index (χ3v) is 2.79. The molecule has 0 unspecified atom stereocenters. The van der Waals surface area contributed by atoms with Crippen molar-refractivity contribution in [3.63, 3.8) is 0 Å². The molecule has 0 fully saturated rings. The molecule has 0 heterocycles. The molecule has 0 aromatic heterocycles. The zero-order chi connectivity index (χ0) is 16.5. The highest BCUT2D eigenvalue weighted by Gasteiger charge is 2.10. The molecule has 1 aromatic rings. The first-order valence-corrected chi connectivity index (χ1v) is 6.75. The molecule has 0 aliphatic carbocycles. The maximum Gasteiger partial charge on any atom is 0.338 e. The van der Waals surface area contributed by atoms with E-state index >= 15 is 0 Å². The average Bonchev–Trinajstić information content (AvgIpc) is 2.50. The van der Waals surface area contributed by atoms with Crippen LogP contribution >= 0.6 is 0 Å². The standard InChI is InChI=1S/C16H18O6/c1-3-22-16(20)13-9-11(4-6-14(17)18)8-12(10-13)5-7-15(19)21-2/h4,6,8-10H,3,5,7H2,1-2H3,(H,17,18)/b6-4+. The smallest absolute Gasteiger partial charge is 0.338 e. The molecule has 0 bridgehead atoms. The van der Waals surface area contributed by atoms with E-state index in [1.807, 2.05) is 0 Å². The molecule has 1 rings (SSSR count). The fraction of sp³-hybridized carbons (Fsp3) is 0.312. The van der Waals surface area contributed by atoms with Crippen LogP contribution in [-0.4, -0.2) is 36.7 Å². The van der Waals surface area contributed by atoms with E-state index in [9.17, 15) is 14.4 Å². The highest BCUT2D eigenvalue weighted by atomic mass is 16.5. The Morgan fingerprint density at radius 3 is 2.55 bits per heavy atom. The third kappa shape index (κ3) is 5.78. The lowest BCUT2D eigenvalue weighted by Gasteiger charge is -2.07. The largest absolute Gasteiger partial charge is 0.478 e. The molecule has 0 aliphatic rings. The van der Waals surface area contributed by atoms with E-state index in [-0.39, 0.29) is 19.0 Å². The van der Waals surface area contributed by atoms with E-state index in [1.165, 1.54) is 13.2 Å². The first-order chi connectivity index (χ1) is 10.5. The number of methoxy groups -OCH3 is 1. The van der Waals surface area contributed by atoms with Crippen molar-refractivity contribution in [2.24, 2.45) is 0 Å². The van der Waals surface area contributed by atoms with E-state index in [2.05, 4.69) is 4.74 Å². The Balaban J connectivity index is 3.05. The lowest BCUT2D eigenvalue weighted by molar-refractivity contribution is -0.140. The fourth-order valence-electron chi connectivity index (χ4n) is 1.81. The van der Waals surface area contributed by atoms with Crippen molar-refractivity contribution in [1.29, 1.82) is 0 Å². The summed E-state index contributed by atoms with van der Waals surface area (Å²) in [6.07, 6.45) is 2.92. The lowest BCUT2D eigenvalue weighted by atomic mass is 10.0. The van der Waals surface area contributed by atoms with Crippen LogP contribution in [0.4, 0.5) is 0 Å². The number of carboxylic acid groups (broad SMARTS) is 1. The molecule has 118 valence electrons. The Hall–Kier alpha value is -2.63. The van der Waals surface area contributed by atoms with Crippen molar-refractivity contribution in [2.45, 2.75) is 19.8 Å². The molecule has 0 amide bonds. The number of rotatable bonds is 7. The van der Waals surface area contributed by atoms with Gasteiger partial charge in [-0.05, 0) is 42.7 Å². The predicted octanol–water partition coefficient (Wildman–Crippen LogP) is 2.07. The molecular weight excluding hydrogens is 288 g/mol. The van der Waals surface area contributed by atoms with Gasteiger partial charge in [-0.1, -0.05) is 6.07 Å². The molecule has 1 aromatic carbocycles. The molecule has 0 atom stereocenters. The number of carbonyl (C=O) groups is 3. The third-order valence-electron chi connectivity index (χ3n) is 2.79. The number of aliphatic carboxylic acids is 1. The van der Waals surface area contributed by atoms with Gasteiger partial charge < -0.3 is 14.6 Å². The van der Waals surface area contributed by atoms with E-state index in [0.717, 1.165) is 11.6 Å². The Morgan fingerprint density at radius 2 is 1.95 bits per heavy atom.